The number of phenols is 1. The minimum atomic E-state index is -1.20. The summed E-state index contributed by atoms with van der Waals surface area (Å²) in [6.07, 6.45) is 0. The highest BCUT2D eigenvalue weighted by Crippen LogP contribution is 2.22. The highest BCUT2D eigenvalue weighted by Gasteiger charge is 2.15. The van der Waals surface area contributed by atoms with E-state index in [0.29, 0.717) is 10.9 Å². The smallest absolute Gasteiger partial charge is 0.375 e. The highest BCUT2D eigenvalue weighted by molar-refractivity contribution is 6.00. The summed E-state index contributed by atoms with van der Waals surface area (Å²) in [6, 6.07) is 4.20. The van der Waals surface area contributed by atoms with E-state index in [1.165, 1.54) is 18.2 Å². The van der Waals surface area contributed by atoms with Crippen LogP contribution < -0.4 is 0 Å². The monoisotopic (exact) mass is 179 g/mol. The molecular formula is C8H5NO4. The quantitative estimate of drug-likeness (QED) is 0.687. The summed E-state index contributed by atoms with van der Waals surface area (Å²) in [7, 11) is 0. The summed E-state index contributed by atoms with van der Waals surface area (Å²) < 4.78 is 4.57. The second-order valence-corrected chi connectivity index (χ2v) is 2.52. The van der Waals surface area contributed by atoms with Crippen molar-refractivity contribution in [3.8, 4) is 5.75 Å². The third kappa shape index (κ3) is 1.10. The minimum absolute atomic E-state index is 0.0156. The summed E-state index contributed by atoms with van der Waals surface area (Å²) in [6.45, 7) is 0. The number of rotatable bonds is 1. The number of phenolic OH excluding ortho intramolecular Hbond substituents is 1. The second kappa shape index (κ2) is 2.48. The van der Waals surface area contributed by atoms with Crippen LogP contribution in [0.3, 0.4) is 0 Å². The number of aromatic nitrogens is 1. The molecule has 0 radical (unpaired) electrons. The Morgan fingerprint density at radius 1 is 1.46 bits per heavy atom. The summed E-state index contributed by atoms with van der Waals surface area (Å²) >= 11 is 0. The van der Waals surface area contributed by atoms with Crippen LogP contribution >= 0.6 is 0 Å². The van der Waals surface area contributed by atoms with E-state index in [4.69, 9.17) is 10.2 Å². The largest absolute Gasteiger partial charge is 0.508 e. The summed E-state index contributed by atoms with van der Waals surface area (Å²) in [5.74, 6) is -1.47. The van der Waals surface area contributed by atoms with Crippen molar-refractivity contribution in [1.82, 2.24) is 5.16 Å². The van der Waals surface area contributed by atoms with E-state index >= 15 is 0 Å². The van der Waals surface area contributed by atoms with E-state index in [2.05, 4.69) is 9.68 Å². The Hall–Kier alpha value is -2.04. The van der Waals surface area contributed by atoms with Crippen molar-refractivity contribution in [2.45, 2.75) is 0 Å². The zero-order valence-corrected chi connectivity index (χ0v) is 6.39. The SMILES string of the molecule is O=C(O)c1onc2ccc(O)cc12. The van der Waals surface area contributed by atoms with Gasteiger partial charge in [-0.15, -0.1) is 0 Å². The van der Waals surface area contributed by atoms with Crippen molar-refractivity contribution in [2.24, 2.45) is 0 Å². The molecule has 0 unspecified atom stereocenters. The van der Waals surface area contributed by atoms with E-state index in [1.807, 2.05) is 0 Å². The van der Waals surface area contributed by atoms with E-state index in [1.54, 1.807) is 0 Å². The Labute approximate surface area is 72.2 Å². The molecule has 2 rings (SSSR count). The molecule has 1 heterocycles. The molecule has 0 amide bonds. The van der Waals surface area contributed by atoms with Gasteiger partial charge >= 0.3 is 5.97 Å². The molecular weight excluding hydrogens is 174 g/mol. The van der Waals surface area contributed by atoms with Gasteiger partial charge in [0.05, 0.1) is 5.39 Å². The van der Waals surface area contributed by atoms with Gasteiger partial charge in [-0.2, -0.15) is 0 Å². The molecule has 0 aliphatic rings. The van der Waals surface area contributed by atoms with Crippen LogP contribution in [0.2, 0.25) is 0 Å². The van der Waals surface area contributed by atoms with Gasteiger partial charge in [0, 0.05) is 0 Å². The van der Waals surface area contributed by atoms with Crippen LogP contribution in [-0.2, 0) is 0 Å². The van der Waals surface area contributed by atoms with E-state index in [-0.39, 0.29) is 11.5 Å². The van der Waals surface area contributed by atoms with Gasteiger partial charge in [-0.05, 0) is 18.2 Å². The number of benzene rings is 1. The molecule has 66 valence electrons. The maximum atomic E-state index is 10.6. The molecule has 2 N–H and O–H groups in total. The van der Waals surface area contributed by atoms with Crippen molar-refractivity contribution < 1.29 is 19.5 Å². The van der Waals surface area contributed by atoms with Crippen LogP contribution in [0.25, 0.3) is 10.9 Å². The van der Waals surface area contributed by atoms with Crippen LogP contribution in [0.1, 0.15) is 10.6 Å². The Kier molecular flexibility index (Phi) is 1.45. The van der Waals surface area contributed by atoms with Crippen LogP contribution in [0.15, 0.2) is 22.7 Å². The third-order valence-electron chi connectivity index (χ3n) is 1.65. The molecule has 0 atom stereocenters. The molecule has 0 bridgehead atoms. The molecule has 5 nitrogen and oxygen atoms in total. The van der Waals surface area contributed by atoms with Gasteiger partial charge in [-0.1, -0.05) is 5.16 Å². The van der Waals surface area contributed by atoms with Crippen molar-refractivity contribution in [2.75, 3.05) is 0 Å². The lowest BCUT2D eigenvalue weighted by molar-refractivity contribution is 0.0655. The maximum Gasteiger partial charge on any atom is 0.375 e. The van der Waals surface area contributed by atoms with Gasteiger partial charge in [-0.3, -0.25) is 0 Å². The van der Waals surface area contributed by atoms with Crippen molar-refractivity contribution in [3.05, 3.63) is 24.0 Å². The van der Waals surface area contributed by atoms with Gasteiger partial charge in [0.15, 0.2) is 0 Å². The number of aromatic hydroxyl groups is 1. The summed E-state index contributed by atoms with van der Waals surface area (Å²) in [4.78, 5) is 10.6. The number of carboxylic acids is 1. The number of carbonyl (C=O) groups is 1. The third-order valence-corrected chi connectivity index (χ3v) is 1.65. The van der Waals surface area contributed by atoms with Gasteiger partial charge in [0.25, 0.3) is 5.76 Å². The van der Waals surface area contributed by atoms with E-state index in [9.17, 15) is 4.79 Å². The number of aromatic carboxylic acids is 1. The van der Waals surface area contributed by atoms with Crippen LogP contribution in [-0.4, -0.2) is 21.3 Å². The lowest BCUT2D eigenvalue weighted by Gasteiger charge is -1.89. The van der Waals surface area contributed by atoms with Crippen LogP contribution in [0, 0.1) is 0 Å². The van der Waals surface area contributed by atoms with Crippen LogP contribution in [0.5, 0.6) is 5.75 Å². The predicted molar refractivity (Wildman–Crippen MR) is 42.6 cm³/mol. The zero-order valence-electron chi connectivity index (χ0n) is 6.39. The molecule has 0 aliphatic carbocycles. The molecule has 13 heavy (non-hydrogen) atoms. The highest BCUT2D eigenvalue weighted by atomic mass is 16.5. The molecule has 0 saturated heterocycles. The molecule has 0 saturated carbocycles. The standard InChI is InChI=1S/C8H5NO4/c10-4-1-2-6-5(3-4)7(8(11)12)13-9-6/h1-3,10H,(H,11,12). The van der Waals surface area contributed by atoms with E-state index < -0.39 is 5.97 Å². The maximum absolute atomic E-state index is 10.6. The van der Waals surface area contributed by atoms with Crippen molar-refractivity contribution in [3.63, 3.8) is 0 Å². The topological polar surface area (TPSA) is 83.6 Å². The molecule has 5 heteroatoms. The molecule has 0 fully saturated rings. The van der Waals surface area contributed by atoms with Gasteiger partial charge in [-0.25, -0.2) is 4.79 Å². The number of hydrogen-bond acceptors (Lipinski definition) is 4. The Morgan fingerprint density at radius 3 is 2.92 bits per heavy atom. The van der Waals surface area contributed by atoms with Crippen LogP contribution in [0.4, 0.5) is 0 Å². The summed E-state index contributed by atoms with van der Waals surface area (Å²) in [5.41, 5.74) is 0.412. The molecule has 1 aromatic heterocycles. The van der Waals surface area contributed by atoms with Gasteiger partial charge in [0.2, 0.25) is 0 Å². The zero-order chi connectivity index (χ0) is 9.42. The Balaban J connectivity index is 2.79. The first-order chi connectivity index (χ1) is 6.18. The minimum Gasteiger partial charge on any atom is -0.508 e. The molecule has 2 aromatic rings. The average molecular weight is 179 g/mol. The summed E-state index contributed by atoms with van der Waals surface area (Å²) in [5, 5.41) is 21.6. The van der Waals surface area contributed by atoms with Gasteiger partial charge < -0.3 is 14.7 Å². The lowest BCUT2D eigenvalue weighted by atomic mass is 10.2. The first kappa shape index (κ1) is 7.60. The van der Waals surface area contributed by atoms with E-state index in [0.717, 1.165) is 0 Å². The molecule has 0 spiro atoms. The molecule has 1 aromatic carbocycles. The number of carboxylic acid groups (broad SMARTS) is 1. The first-order valence-corrected chi connectivity index (χ1v) is 3.50. The normalized spacial score (nSPS) is 10.5. The Bertz CT molecular complexity index is 474. The predicted octanol–water partition coefficient (Wildman–Crippen LogP) is 1.23. The van der Waals surface area contributed by atoms with Crippen molar-refractivity contribution >= 4 is 16.9 Å². The fourth-order valence-electron chi connectivity index (χ4n) is 1.08. The van der Waals surface area contributed by atoms with Crippen molar-refractivity contribution in [1.29, 1.82) is 0 Å². The first-order valence-electron chi connectivity index (χ1n) is 3.50. The number of nitrogens with zero attached hydrogens (tertiary/aromatic N) is 1. The lowest BCUT2D eigenvalue weighted by Crippen LogP contribution is -1.93. The average Bonchev–Trinajstić information content (AvgIpc) is 2.46. The molecule has 0 aliphatic heterocycles. The fourth-order valence-corrected chi connectivity index (χ4v) is 1.08. The second-order valence-electron chi connectivity index (χ2n) is 2.52. The van der Waals surface area contributed by atoms with Gasteiger partial charge in [0.1, 0.15) is 11.3 Å². The Morgan fingerprint density at radius 2 is 2.23 bits per heavy atom. The number of hydrogen-bond donors (Lipinski definition) is 2. The number of fused-ring (bicyclic) bond motifs is 1. The fraction of sp³-hybridized carbons (Fsp3) is 0.